The topological polar surface area (TPSA) is 417 Å². The Hall–Kier alpha value is -8.44. The lowest BCUT2D eigenvalue weighted by molar-refractivity contribution is -0.135. The molecule has 74 heavy (non-hydrogen) atoms. The van der Waals surface area contributed by atoms with Crippen molar-refractivity contribution in [3.05, 3.63) is 108 Å². The van der Waals surface area contributed by atoms with Gasteiger partial charge in [-0.15, -0.1) is 0 Å². The molecule has 0 bridgehead atoms. The van der Waals surface area contributed by atoms with Crippen molar-refractivity contribution in [2.75, 3.05) is 19.6 Å². The molecule has 6 rings (SSSR count). The van der Waals surface area contributed by atoms with E-state index < -0.39 is 71.7 Å². The van der Waals surface area contributed by atoms with Gasteiger partial charge in [-0.1, -0.05) is 54.6 Å². The minimum atomic E-state index is -1.33. The second-order valence-corrected chi connectivity index (χ2v) is 18.2. The van der Waals surface area contributed by atoms with Crippen LogP contribution in [-0.4, -0.2) is 118 Å². The van der Waals surface area contributed by atoms with Gasteiger partial charge >= 0.3 is 0 Å². The lowest BCUT2D eigenvalue weighted by atomic mass is 10.00. The first-order valence-corrected chi connectivity index (χ1v) is 24.6. The molecule has 0 radical (unpaired) electrons. The third kappa shape index (κ3) is 15.5. The van der Waals surface area contributed by atoms with Crippen molar-refractivity contribution in [1.82, 2.24) is 41.5 Å². The summed E-state index contributed by atoms with van der Waals surface area (Å²) in [4.78, 5) is 102. The number of nitrogens with one attached hydrogen (secondary N) is 8. The van der Waals surface area contributed by atoms with E-state index >= 15 is 0 Å². The van der Waals surface area contributed by atoms with Gasteiger partial charge in [0.2, 0.25) is 35.4 Å². The number of aromatic nitrogens is 3. The molecule has 0 aliphatic heterocycles. The molecule has 394 valence electrons. The van der Waals surface area contributed by atoms with Gasteiger partial charge in [-0.3, -0.25) is 38.8 Å². The van der Waals surface area contributed by atoms with E-state index in [9.17, 15) is 28.8 Å². The van der Waals surface area contributed by atoms with E-state index in [2.05, 4.69) is 51.5 Å². The molecular weight excluding hydrogens is 947 g/mol. The number of H-pyrrole nitrogens is 3. The van der Waals surface area contributed by atoms with Crippen molar-refractivity contribution in [1.29, 1.82) is 0 Å². The number of primary amides is 1. The molecule has 3 aromatic carbocycles. The summed E-state index contributed by atoms with van der Waals surface area (Å²) < 4.78 is 0. The summed E-state index contributed by atoms with van der Waals surface area (Å²) in [5.74, 6) is -4.51. The van der Waals surface area contributed by atoms with Crippen molar-refractivity contribution in [2.24, 2.45) is 50.1 Å². The van der Waals surface area contributed by atoms with Crippen LogP contribution in [0.5, 0.6) is 0 Å². The van der Waals surface area contributed by atoms with E-state index in [-0.39, 0.29) is 70.0 Å². The van der Waals surface area contributed by atoms with Crippen molar-refractivity contribution < 1.29 is 28.8 Å². The highest BCUT2D eigenvalue weighted by Crippen LogP contribution is 2.23. The fraction of sp³-hybridized carbons (Fsp3) is 0.373. The molecule has 0 aliphatic rings. The molecule has 6 amide bonds. The molecule has 0 aliphatic carbocycles. The normalized spacial score (nSPS) is 13.7. The van der Waals surface area contributed by atoms with Crippen LogP contribution < -0.4 is 66.7 Å². The highest BCUT2D eigenvalue weighted by molar-refractivity contribution is 5.98. The van der Waals surface area contributed by atoms with Crippen LogP contribution in [-0.2, 0) is 48.0 Å². The maximum Gasteiger partial charge on any atom is 0.243 e. The zero-order chi connectivity index (χ0) is 53.1. The number of carbonyl (C=O) groups excluding carboxylic acids is 6. The quantitative estimate of drug-likeness (QED) is 0.0163. The summed E-state index contributed by atoms with van der Waals surface area (Å²) in [5.41, 5.74) is 44.4. The van der Waals surface area contributed by atoms with Crippen LogP contribution in [0.25, 0.3) is 32.7 Å². The molecule has 0 unspecified atom stereocenters. The van der Waals surface area contributed by atoms with Crippen LogP contribution in [0.15, 0.2) is 101 Å². The lowest BCUT2D eigenvalue weighted by Gasteiger charge is -2.27. The number of para-hydroxylation sites is 3. The van der Waals surface area contributed by atoms with Crippen molar-refractivity contribution in [3.63, 3.8) is 0 Å². The molecule has 0 fully saturated rings. The Morgan fingerprint density at radius 2 is 0.797 bits per heavy atom. The standard InChI is InChI=1S/C51H69N17O6/c52-20-8-7-18-39(65-46(71)40(19-10-22-60-51(57)58)64-45(70)35(53)14-9-21-59-50(55)56)47(72)67-43(25-31-28-63-38-17-6-3-13-34(31)38)49(74)68-42(24-30-27-62-37-16-5-2-12-33(30)37)48(73)66-41(44(54)69)23-29-26-61-36-15-4-1-11-32(29)36/h1-6,11-13,15-17,26-28,35,39-43,61-63H,7-10,14,18-25,52-53H2,(H2,54,69)(H,64,70)(H,65,71)(H,66,73)(H,67,72)(H,68,74)(H4,55,56,59)(H4,57,58,60)/t35-,39-,40-,41-,42-,43-/m0/s1. The molecule has 0 saturated heterocycles. The van der Waals surface area contributed by atoms with Gasteiger partial charge < -0.3 is 81.7 Å². The molecule has 23 nitrogen and oxygen atoms in total. The number of guanidine groups is 2. The molecule has 6 aromatic rings. The van der Waals surface area contributed by atoms with E-state index in [1.807, 2.05) is 72.8 Å². The number of aromatic amines is 3. The average molecular weight is 1020 g/mol. The maximum atomic E-state index is 15.0. The Kier molecular flexibility index (Phi) is 19.9. The smallest absolute Gasteiger partial charge is 0.243 e. The van der Waals surface area contributed by atoms with Gasteiger partial charge in [-0.2, -0.15) is 0 Å². The predicted molar refractivity (Wildman–Crippen MR) is 286 cm³/mol. The minimum Gasteiger partial charge on any atom is -0.370 e. The maximum absolute atomic E-state index is 15.0. The van der Waals surface area contributed by atoms with Gasteiger partial charge in [0.15, 0.2) is 11.9 Å². The number of rotatable bonds is 29. The zero-order valence-corrected chi connectivity index (χ0v) is 41.2. The first-order chi connectivity index (χ1) is 35.6. The predicted octanol–water partition coefficient (Wildman–Crippen LogP) is -0.369. The molecule has 3 aromatic heterocycles. The van der Waals surface area contributed by atoms with Crippen molar-refractivity contribution >= 4 is 80.1 Å². The number of amides is 6. The fourth-order valence-electron chi connectivity index (χ4n) is 8.75. The van der Waals surface area contributed by atoms with E-state index in [0.29, 0.717) is 36.9 Å². The van der Waals surface area contributed by atoms with Crippen LogP contribution in [0.4, 0.5) is 0 Å². The fourth-order valence-corrected chi connectivity index (χ4v) is 8.75. The number of carbonyl (C=O) groups is 6. The summed E-state index contributed by atoms with van der Waals surface area (Å²) in [6.07, 6.45) is 7.15. The number of unbranched alkanes of at least 4 members (excludes halogenated alkanes) is 1. The summed E-state index contributed by atoms with van der Waals surface area (Å²) in [7, 11) is 0. The van der Waals surface area contributed by atoms with Crippen LogP contribution in [0.2, 0.25) is 0 Å². The zero-order valence-electron chi connectivity index (χ0n) is 41.2. The van der Waals surface area contributed by atoms with E-state index in [1.165, 1.54) is 0 Å². The van der Waals surface area contributed by atoms with Gasteiger partial charge in [0, 0.05) is 83.7 Å². The first-order valence-electron chi connectivity index (χ1n) is 24.6. The largest absolute Gasteiger partial charge is 0.370 e. The Balaban J connectivity index is 1.28. The SMILES string of the molecule is NCCCC[C@H](NC(=O)[C@H](CCCN=C(N)N)NC(=O)[C@@H](N)CCCN=C(N)N)C(=O)N[C@@H](Cc1c[nH]c2ccccc12)C(=O)N[C@@H](Cc1c[nH]c2ccccc12)C(=O)N[C@@H](Cc1c[nH]c2ccccc12)C(N)=O. The van der Waals surface area contributed by atoms with Crippen LogP contribution in [0.3, 0.4) is 0 Å². The van der Waals surface area contributed by atoms with Gasteiger partial charge in [-0.25, -0.2) is 0 Å². The molecule has 23 heteroatoms. The number of hydrogen-bond acceptors (Lipinski definition) is 10. The number of benzene rings is 3. The lowest BCUT2D eigenvalue weighted by Crippen LogP contribution is -2.60. The highest BCUT2D eigenvalue weighted by Gasteiger charge is 2.34. The number of nitrogens with zero attached hydrogens (tertiary/aromatic N) is 2. The van der Waals surface area contributed by atoms with Crippen molar-refractivity contribution in [3.8, 4) is 0 Å². The Morgan fingerprint density at radius 1 is 0.446 bits per heavy atom. The van der Waals surface area contributed by atoms with Crippen LogP contribution in [0, 0.1) is 0 Å². The number of hydrogen-bond donors (Lipinski definition) is 15. The third-order valence-corrected chi connectivity index (χ3v) is 12.7. The van der Waals surface area contributed by atoms with Gasteiger partial charge in [0.1, 0.15) is 30.2 Å². The van der Waals surface area contributed by atoms with Crippen LogP contribution >= 0.6 is 0 Å². The average Bonchev–Trinajstić information content (AvgIpc) is 4.11. The molecule has 3 heterocycles. The van der Waals surface area contributed by atoms with E-state index in [0.717, 1.165) is 38.3 Å². The first kappa shape index (κ1) is 54.9. The minimum absolute atomic E-state index is 0.0259. The van der Waals surface area contributed by atoms with Crippen molar-refractivity contribution in [2.45, 2.75) is 100 Å². The second-order valence-electron chi connectivity index (χ2n) is 18.2. The van der Waals surface area contributed by atoms with Gasteiger partial charge in [0.25, 0.3) is 0 Å². The van der Waals surface area contributed by atoms with Gasteiger partial charge in [0.05, 0.1) is 6.04 Å². The summed E-state index contributed by atoms with van der Waals surface area (Å²) in [6.45, 7) is 0.686. The third-order valence-electron chi connectivity index (χ3n) is 12.7. The summed E-state index contributed by atoms with van der Waals surface area (Å²) in [5, 5.41) is 16.5. The summed E-state index contributed by atoms with van der Waals surface area (Å²) in [6, 6.07) is 15.2. The summed E-state index contributed by atoms with van der Waals surface area (Å²) >= 11 is 0. The number of aliphatic imine (C=N–C) groups is 2. The van der Waals surface area contributed by atoms with Gasteiger partial charge in [-0.05, 0) is 86.4 Å². The Morgan fingerprint density at radius 3 is 1.22 bits per heavy atom. The molecule has 22 N–H and O–H groups in total. The molecular formula is C51H69N17O6. The van der Waals surface area contributed by atoms with E-state index in [4.69, 9.17) is 40.1 Å². The highest BCUT2D eigenvalue weighted by atomic mass is 16.2. The molecule has 0 spiro atoms. The monoisotopic (exact) mass is 1020 g/mol. The molecule has 0 saturated carbocycles. The number of fused-ring (bicyclic) bond motifs is 3. The Bertz CT molecular complexity index is 2930. The second kappa shape index (κ2) is 26.8. The molecule has 6 atom stereocenters. The van der Waals surface area contributed by atoms with Crippen LogP contribution in [0.1, 0.15) is 61.6 Å². The number of nitrogens with two attached hydrogens (primary N) is 7. The van der Waals surface area contributed by atoms with E-state index in [1.54, 1.807) is 18.6 Å². The Labute approximate surface area is 427 Å².